The molecule has 1 aromatic heterocycles. The molecule has 0 bridgehead atoms. The van der Waals surface area contributed by atoms with Crippen molar-refractivity contribution in [1.29, 1.82) is 0 Å². The lowest BCUT2D eigenvalue weighted by Gasteiger charge is -2.07. The Hall–Kier alpha value is -1.43. The van der Waals surface area contributed by atoms with E-state index in [0.717, 1.165) is 6.42 Å². The van der Waals surface area contributed by atoms with E-state index in [-0.39, 0.29) is 10.9 Å². The van der Waals surface area contributed by atoms with Gasteiger partial charge in [-0.25, -0.2) is 0 Å². The van der Waals surface area contributed by atoms with Gasteiger partial charge in [0.2, 0.25) is 0 Å². The molecular formula is C14H13ClN2OS2. The summed E-state index contributed by atoms with van der Waals surface area (Å²) in [6.07, 6.45) is 0.918. The number of aryl methyl sites for hydroxylation is 1. The molecule has 0 unspecified atom stereocenters. The highest BCUT2D eigenvalue weighted by molar-refractivity contribution is 7.80. The number of thiophene rings is 1. The average molecular weight is 325 g/mol. The average Bonchev–Trinajstić information content (AvgIpc) is 2.89. The first kappa shape index (κ1) is 15.0. The molecule has 1 heterocycles. The smallest absolute Gasteiger partial charge is 0.265 e. The summed E-state index contributed by atoms with van der Waals surface area (Å²) >= 11 is 12.5. The van der Waals surface area contributed by atoms with Crippen LogP contribution in [0.4, 0.5) is 5.69 Å². The van der Waals surface area contributed by atoms with Crippen LogP contribution in [0.3, 0.4) is 0 Å². The normalized spacial score (nSPS) is 10.3. The van der Waals surface area contributed by atoms with Gasteiger partial charge in [0.15, 0.2) is 0 Å². The minimum atomic E-state index is -0.167. The number of hydrogen-bond acceptors (Lipinski definition) is 3. The van der Waals surface area contributed by atoms with Crippen LogP contribution in [0.15, 0.2) is 30.3 Å². The largest absolute Gasteiger partial charge is 0.389 e. The van der Waals surface area contributed by atoms with Crippen molar-refractivity contribution in [1.82, 2.24) is 0 Å². The molecule has 0 saturated carbocycles. The maximum atomic E-state index is 12.1. The minimum absolute atomic E-state index is 0.167. The highest BCUT2D eigenvalue weighted by Crippen LogP contribution is 2.25. The first-order chi connectivity index (χ1) is 9.51. The van der Waals surface area contributed by atoms with Gasteiger partial charge in [0, 0.05) is 10.4 Å². The Kier molecular flexibility index (Phi) is 4.75. The van der Waals surface area contributed by atoms with Crippen molar-refractivity contribution < 1.29 is 4.79 Å². The van der Waals surface area contributed by atoms with Crippen molar-refractivity contribution in [2.75, 3.05) is 5.32 Å². The number of nitrogens with two attached hydrogens (primary N) is 1. The second kappa shape index (κ2) is 6.35. The monoisotopic (exact) mass is 324 g/mol. The SMILES string of the molecule is CCc1ccc(C(=O)Nc2ccc(C(N)=S)cc2Cl)s1. The molecule has 0 aliphatic heterocycles. The molecule has 0 saturated heterocycles. The molecule has 0 aliphatic rings. The number of anilines is 1. The van der Waals surface area contributed by atoms with Gasteiger partial charge in [-0.2, -0.15) is 0 Å². The van der Waals surface area contributed by atoms with Crippen molar-refractivity contribution in [3.8, 4) is 0 Å². The Morgan fingerprint density at radius 3 is 2.70 bits per heavy atom. The van der Waals surface area contributed by atoms with Gasteiger partial charge in [0.05, 0.1) is 15.6 Å². The summed E-state index contributed by atoms with van der Waals surface area (Å²) in [7, 11) is 0. The summed E-state index contributed by atoms with van der Waals surface area (Å²) in [5, 5.41) is 3.20. The van der Waals surface area contributed by atoms with Gasteiger partial charge >= 0.3 is 0 Å². The fourth-order valence-corrected chi connectivity index (χ4v) is 2.84. The molecule has 20 heavy (non-hydrogen) atoms. The Bertz CT molecular complexity index is 667. The molecule has 2 aromatic rings. The molecule has 0 fully saturated rings. The Morgan fingerprint density at radius 1 is 1.40 bits per heavy atom. The molecule has 3 N–H and O–H groups in total. The molecule has 0 atom stereocenters. The highest BCUT2D eigenvalue weighted by Gasteiger charge is 2.11. The van der Waals surface area contributed by atoms with E-state index in [0.29, 0.717) is 21.2 Å². The second-order valence-corrected chi connectivity index (χ2v) is 6.15. The van der Waals surface area contributed by atoms with Crippen molar-refractivity contribution in [3.05, 3.63) is 50.7 Å². The van der Waals surface area contributed by atoms with Gasteiger partial charge in [0.1, 0.15) is 4.99 Å². The van der Waals surface area contributed by atoms with E-state index < -0.39 is 0 Å². The zero-order chi connectivity index (χ0) is 14.7. The number of rotatable bonds is 4. The fourth-order valence-electron chi connectivity index (χ4n) is 1.64. The maximum absolute atomic E-state index is 12.1. The van der Waals surface area contributed by atoms with Crippen molar-refractivity contribution in [2.24, 2.45) is 5.73 Å². The molecular weight excluding hydrogens is 312 g/mol. The number of hydrogen-bond donors (Lipinski definition) is 2. The third-order valence-corrected chi connectivity index (χ3v) is 4.51. The Morgan fingerprint density at radius 2 is 2.15 bits per heavy atom. The van der Waals surface area contributed by atoms with Gasteiger partial charge in [-0.1, -0.05) is 30.7 Å². The van der Waals surface area contributed by atoms with Gasteiger partial charge in [-0.05, 0) is 36.8 Å². The molecule has 0 spiro atoms. The lowest BCUT2D eigenvalue weighted by Crippen LogP contribution is -2.12. The van der Waals surface area contributed by atoms with Crippen LogP contribution in [-0.4, -0.2) is 10.9 Å². The molecule has 3 nitrogen and oxygen atoms in total. The van der Waals surface area contributed by atoms with E-state index in [1.807, 2.05) is 12.1 Å². The molecule has 1 aromatic carbocycles. The van der Waals surface area contributed by atoms with Crippen LogP contribution in [0, 0.1) is 0 Å². The topological polar surface area (TPSA) is 55.1 Å². The zero-order valence-electron chi connectivity index (χ0n) is 10.8. The minimum Gasteiger partial charge on any atom is -0.389 e. The summed E-state index contributed by atoms with van der Waals surface area (Å²) in [5.74, 6) is -0.167. The third kappa shape index (κ3) is 3.36. The molecule has 6 heteroatoms. The summed E-state index contributed by atoms with van der Waals surface area (Å²) < 4.78 is 0. The number of benzene rings is 1. The van der Waals surface area contributed by atoms with Crippen LogP contribution < -0.4 is 11.1 Å². The molecule has 0 aliphatic carbocycles. The zero-order valence-corrected chi connectivity index (χ0v) is 13.2. The van der Waals surface area contributed by atoms with Crippen LogP contribution in [0.25, 0.3) is 0 Å². The lowest BCUT2D eigenvalue weighted by molar-refractivity contribution is 0.103. The van der Waals surface area contributed by atoms with Crippen molar-refractivity contribution in [2.45, 2.75) is 13.3 Å². The van der Waals surface area contributed by atoms with Gasteiger partial charge in [0.25, 0.3) is 5.91 Å². The van der Waals surface area contributed by atoms with Crippen LogP contribution >= 0.6 is 35.2 Å². The van der Waals surface area contributed by atoms with Crippen molar-refractivity contribution >= 4 is 51.7 Å². The quantitative estimate of drug-likeness (QED) is 0.840. The van der Waals surface area contributed by atoms with E-state index in [1.54, 1.807) is 18.2 Å². The maximum Gasteiger partial charge on any atom is 0.265 e. The molecule has 104 valence electrons. The Labute approximate surface area is 131 Å². The van der Waals surface area contributed by atoms with Crippen LogP contribution in [0.2, 0.25) is 5.02 Å². The predicted octanol–water partition coefficient (Wildman–Crippen LogP) is 3.85. The van der Waals surface area contributed by atoms with E-state index in [2.05, 4.69) is 12.2 Å². The first-order valence-electron chi connectivity index (χ1n) is 6.00. The lowest BCUT2D eigenvalue weighted by atomic mass is 10.2. The molecule has 1 amide bonds. The van der Waals surface area contributed by atoms with E-state index in [4.69, 9.17) is 29.6 Å². The van der Waals surface area contributed by atoms with Crippen LogP contribution in [0.5, 0.6) is 0 Å². The number of amides is 1. The summed E-state index contributed by atoms with van der Waals surface area (Å²) in [6, 6.07) is 8.84. The summed E-state index contributed by atoms with van der Waals surface area (Å²) in [6.45, 7) is 2.05. The molecule has 0 radical (unpaired) electrons. The number of halogens is 1. The second-order valence-electron chi connectivity index (χ2n) is 4.13. The van der Waals surface area contributed by atoms with Gasteiger partial charge in [-0.3, -0.25) is 4.79 Å². The standard InChI is InChI=1S/C14H13ClN2OS2/c1-2-9-4-6-12(20-9)14(18)17-11-5-3-8(13(16)19)7-10(11)15/h3-7H,2H2,1H3,(H2,16,19)(H,17,18). The fraction of sp³-hybridized carbons (Fsp3) is 0.143. The number of nitrogens with one attached hydrogen (secondary N) is 1. The van der Waals surface area contributed by atoms with E-state index >= 15 is 0 Å². The first-order valence-corrected chi connectivity index (χ1v) is 7.61. The van der Waals surface area contributed by atoms with Crippen LogP contribution in [-0.2, 0) is 6.42 Å². The summed E-state index contributed by atoms with van der Waals surface area (Å²) in [4.78, 5) is 14.2. The Balaban J connectivity index is 2.17. The van der Waals surface area contributed by atoms with Gasteiger partial charge in [-0.15, -0.1) is 11.3 Å². The van der Waals surface area contributed by atoms with Crippen molar-refractivity contribution in [3.63, 3.8) is 0 Å². The number of thiocarbonyl (C=S) groups is 1. The van der Waals surface area contributed by atoms with E-state index in [1.165, 1.54) is 16.2 Å². The van der Waals surface area contributed by atoms with E-state index in [9.17, 15) is 4.79 Å². The summed E-state index contributed by atoms with van der Waals surface area (Å²) in [5.41, 5.74) is 6.75. The third-order valence-electron chi connectivity index (χ3n) is 2.74. The number of carbonyl (C=O) groups is 1. The predicted molar refractivity (Wildman–Crippen MR) is 89.0 cm³/mol. The van der Waals surface area contributed by atoms with Crippen LogP contribution in [0.1, 0.15) is 27.0 Å². The van der Waals surface area contributed by atoms with Gasteiger partial charge < -0.3 is 11.1 Å². The highest BCUT2D eigenvalue weighted by atomic mass is 35.5. The number of carbonyl (C=O) groups excluding carboxylic acids is 1. The molecule has 2 rings (SSSR count).